The molecular weight excluding hydrogens is 394 g/mol. The molecule has 0 bridgehead atoms. The van der Waals surface area contributed by atoms with Gasteiger partial charge in [0, 0.05) is 19.6 Å². The van der Waals surface area contributed by atoms with Gasteiger partial charge in [0.2, 0.25) is 6.79 Å². The average Bonchev–Trinajstić information content (AvgIpc) is 3.42. The largest absolute Gasteiger partial charge is 0.467 e. The molecule has 1 aliphatic rings. The highest BCUT2D eigenvalue weighted by molar-refractivity contribution is 5.44. The van der Waals surface area contributed by atoms with E-state index < -0.39 is 6.10 Å². The van der Waals surface area contributed by atoms with Crippen LogP contribution in [0.2, 0.25) is 0 Å². The summed E-state index contributed by atoms with van der Waals surface area (Å²) >= 11 is 0. The van der Waals surface area contributed by atoms with Crippen LogP contribution in [0.5, 0.6) is 11.5 Å². The van der Waals surface area contributed by atoms with Crippen LogP contribution in [-0.4, -0.2) is 36.1 Å². The van der Waals surface area contributed by atoms with Crippen LogP contribution in [0.25, 0.3) is 0 Å². The smallest absolute Gasteiger partial charge is 0.231 e. The Morgan fingerprint density at radius 3 is 2.74 bits per heavy atom. The van der Waals surface area contributed by atoms with Gasteiger partial charge in [0.25, 0.3) is 0 Å². The molecule has 0 amide bonds. The predicted molar refractivity (Wildman–Crippen MR) is 117 cm³/mol. The van der Waals surface area contributed by atoms with Crippen LogP contribution in [-0.2, 0) is 24.4 Å². The summed E-state index contributed by atoms with van der Waals surface area (Å²) in [5.74, 6) is 2.29. The van der Waals surface area contributed by atoms with Crippen molar-refractivity contribution < 1.29 is 23.7 Å². The Bertz CT molecular complexity index is 986. The summed E-state index contributed by atoms with van der Waals surface area (Å²) in [5, 5.41) is 10.6. The Morgan fingerprint density at radius 2 is 1.90 bits per heavy atom. The van der Waals surface area contributed by atoms with Gasteiger partial charge >= 0.3 is 0 Å². The van der Waals surface area contributed by atoms with Crippen molar-refractivity contribution >= 4 is 0 Å². The lowest BCUT2D eigenvalue weighted by atomic mass is 10.0. The number of hydrogen-bond acceptors (Lipinski definition) is 6. The van der Waals surface area contributed by atoms with Crippen molar-refractivity contribution in [3.05, 3.63) is 82.8 Å². The number of fused-ring (bicyclic) bond motifs is 1. The Kier molecular flexibility index (Phi) is 6.92. The molecule has 2 heterocycles. The molecule has 6 nitrogen and oxygen atoms in total. The van der Waals surface area contributed by atoms with Crippen molar-refractivity contribution in [2.45, 2.75) is 39.6 Å². The predicted octanol–water partition coefficient (Wildman–Crippen LogP) is 4.21. The van der Waals surface area contributed by atoms with Crippen LogP contribution >= 0.6 is 0 Å². The Hall–Kier alpha value is -2.80. The monoisotopic (exact) mass is 423 g/mol. The number of benzene rings is 2. The van der Waals surface area contributed by atoms with Crippen LogP contribution in [0.3, 0.4) is 0 Å². The van der Waals surface area contributed by atoms with Gasteiger partial charge in [-0.05, 0) is 54.8 Å². The zero-order valence-electron chi connectivity index (χ0n) is 18.0. The quantitative estimate of drug-likeness (QED) is 0.527. The van der Waals surface area contributed by atoms with Crippen LogP contribution in [0.15, 0.2) is 59.2 Å². The van der Waals surface area contributed by atoms with E-state index in [1.165, 1.54) is 16.7 Å². The van der Waals surface area contributed by atoms with Gasteiger partial charge in [0.1, 0.15) is 12.4 Å². The molecular formula is C25H29NO5. The Morgan fingerprint density at radius 1 is 1.03 bits per heavy atom. The van der Waals surface area contributed by atoms with Crippen molar-refractivity contribution in [2.75, 3.05) is 19.9 Å². The maximum Gasteiger partial charge on any atom is 0.231 e. The van der Waals surface area contributed by atoms with Gasteiger partial charge in [-0.15, -0.1) is 0 Å². The highest BCUT2D eigenvalue weighted by Crippen LogP contribution is 2.33. The van der Waals surface area contributed by atoms with E-state index in [1.807, 2.05) is 30.3 Å². The number of aliphatic hydroxyl groups is 1. The first-order chi connectivity index (χ1) is 15.1. The fourth-order valence-electron chi connectivity index (χ4n) is 3.74. The van der Waals surface area contributed by atoms with E-state index >= 15 is 0 Å². The molecule has 0 spiro atoms. The molecule has 0 unspecified atom stereocenters. The van der Waals surface area contributed by atoms with Gasteiger partial charge in [-0.25, -0.2) is 0 Å². The van der Waals surface area contributed by atoms with Gasteiger partial charge in [-0.2, -0.15) is 0 Å². The van der Waals surface area contributed by atoms with E-state index in [2.05, 4.69) is 36.9 Å². The fraction of sp³-hybridized carbons (Fsp3) is 0.360. The molecule has 0 radical (unpaired) electrons. The standard InChI is InChI=1S/C25H29NO5/c1-18-5-6-19(2)21(10-18)13-26(12-20-7-8-24-25(11-20)31-17-30-24)14-22(27)15-28-16-23-4-3-9-29-23/h3-11,22,27H,12-17H2,1-2H3/t22-/m0/s1. The molecule has 0 fully saturated rings. The molecule has 0 saturated heterocycles. The van der Waals surface area contributed by atoms with Gasteiger partial charge < -0.3 is 23.7 Å². The summed E-state index contributed by atoms with van der Waals surface area (Å²) in [5.41, 5.74) is 4.83. The molecule has 1 aromatic heterocycles. The molecule has 1 aliphatic heterocycles. The maximum absolute atomic E-state index is 10.6. The second-order valence-electron chi connectivity index (χ2n) is 8.04. The van der Waals surface area contributed by atoms with Gasteiger partial charge in [0.05, 0.1) is 19.0 Å². The van der Waals surface area contributed by atoms with E-state index in [9.17, 15) is 5.11 Å². The van der Waals surface area contributed by atoms with Crippen molar-refractivity contribution in [1.29, 1.82) is 0 Å². The second kappa shape index (κ2) is 10.0. The Balaban J connectivity index is 1.42. The lowest BCUT2D eigenvalue weighted by molar-refractivity contribution is 0.00250. The number of rotatable bonds is 10. The number of nitrogens with zero attached hydrogens (tertiary/aromatic N) is 1. The molecule has 0 saturated carbocycles. The van der Waals surface area contributed by atoms with E-state index in [1.54, 1.807) is 6.26 Å². The summed E-state index contributed by atoms with van der Waals surface area (Å²) in [7, 11) is 0. The first-order valence-corrected chi connectivity index (χ1v) is 10.5. The van der Waals surface area contributed by atoms with Crippen molar-refractivity contribution in [2.24, 2.45) is 0 Å². The summed E-state index contributed by atoms with van der Waals surface area (Å²) in [6.07, 6.45) is 1.00. The topological polar surface area (TPSA) is 64.3 Å². The van der Waals surface area contributed by atoms with Gasteiger partial charge in [-0.1, -0.05) is 29.8 Å². The van der Waals surface area contributed by atoms with E-state index in [0.29, 0.717) is 19.7 Å². The molecule has 3 aromatic rings. The van der Waals surface area contributed by atoms with E-state index in [0.717, 1.165) is 29.4 Å². The van der Waals surface area contributed by atoms with E-state index in [-0.39, 0.29) is 13.4 Å². The average molecular weight is 424 g/mol. The first kappa shape index (κ1) is 21.4. The third-order valence-electron chi connectivity index (χ3n) is 5.35. The summed E-state index contributed by atoms with van der Waals surface area (Å²) < 4.78 is 21.9. The van der Waals surface area contributed by atoms with Crippen molar-refractivity contribution in [1.82, 2.24) is 4.90 Å². The van der Waals surface area contributed by atoms with Crippen LogP contribution < -0.4 is 9.47 Å². The number of aliphatic hydroxyl groups excluding tert-OH is 1. The number of ether oxygens (including phenoxy) is 3. The molecule has 4 rings (SSSR count). The molecule has 1 atom stereocenters. The zero-order valence-corrected chi connectivity index (χ0v) is 18.0. The van der Waals surface area contributed by atoms with Crippen LogP contribution in [0.4, 0.5) is 0 Å². The SMILES string of the molecule is Cc1ccc(C)c(CN(Cc2ccc3c(c2)OCO3)C[C@H](O)COCc2ccco2)c1. The highest BCUT2D eigenvalue weighted by atomic mass is 16.7. The molecule has 6 heteroatoms. The molecule has 31 heavy (non-hydrogen) atoms. The lowest BCUT2D eigenvalue weighted by Gasteiger charge is -2.26. The van der Waals surface area contributed by atoms with Crippen LogP contribution in [0, 0.1) is 13.8 Å². The van der Waals surface area contributed by atoms with Gasteiger partial charge in [-0.3, -0.25) is 4.90 Å². The van der Waals surface area contributed by atoms with Crippen molar-refractivity contribution in [3.63, 3.8) is 0 Å². The highest BCUT2D eigenvalue weighted by Gasteiger charge is 2.18. The van der Waals surface area contributed by atoms with Crippen LogP contribution in [0.1, 0.15) is 28.0 Å². The minimum absolute atomic E-state index is 0.241. The third-order valence-corrected chi connectivity index (χ3v) is 5.35. The Labute approximate surface area is 183 Å². The normalized spacial score (nSPS) is 13.7. The summed E-state index contributed by atoms with van der Waals surface area (Å²) in [6.45, 7) is 6.97. The van der Waals surface area contributed by atoms with Gasteiger partial charge in [0.15, 0.2) is 11.5 Å². The lowest BCUT2D eigenvalue weighted by Crippen LogP contribution is -2.34. The fourth-order valence-corrected chi connectivity index (χ4v) is 3.74. The summed E-state index contributed by atoms with van der Waals surface area (Å²) in [6, 6.07) is 16.2. The molecule has 2 aromatic carbocycles. The minimum atomic E-state index is -0.617. The maximum atomic E-state index is 10.6. The van der Waals surface area contributed by atoms with E-state index in [4.69, 9.17) is 18.6 Å². The molecule has 1 N–H and O–H groups in total. The number of hydrogen-bond donors (Lipinski definition) is 1. The third kappa shape index (κ3) is 5.88. The molecule has 164 valence electrons. The number of furan rings is 1. The first-order valence-electron chi connectivity index (χ1n) is 10.5. The van der Waals surface area contributed by atoms with Crippen molar-refractivity contribution in [3.8, 4) is 11.5 Å². The molecule has 0 aliphatic carbocycles. The summed E-state index contributed by atoms with van der Waals surface area (Å²) in [4.78, 5) is 2.24. The second-order valence-corrected chi connectivity index (χ2v) is 8.04. The minimum Gasteiger partial charge on any atom is -0.467 e. The number of aryl methyl sites for hydroxylation is 2. The zero-order chi connectivity index (χ0) is 21.6.